The summed E-state index contributed by atoms with van der Waals surface area (Å²) < 4.78 is 0. The third-order valence-corrected chi connectivity index (χ3v) is 4.89. The first kappa shape index (κ1) is 18.1. The summed E-state index contributed by atoms with van der Waals surface area (Å²) in [5, 5.41) is 12.0. The van der Waals surface area contributed by atoms with E-state index >= 15 is 0 Å². The molecule has 1 aliphatic rings. The van der Waals surface area contributed by atoms with Gasteiger partial charge in [-0.05, 0) is 24.5 Å². The minimum absolute atomic E-state index is 0.120. The first-order valence-electron chi connectivity index (χ1n) is 7.65. The number of hydrogen-bond acceptors (Lipinski definition) is 4. The summed E-state index contributed by atoms with van der Waals surface area (Å²) in [6, 6.07) is 6.79. The van der Waals surface area contributed by atoms with E-state index in [4.69, 9.17) is 5.73 Å². The molecule has 1 aromatic carbocycles. The van der Waals surface area contributed by atoms with Gasteiger partial charge in [-0.1, -0.05) is 19.1 Å². The smallest absolute Gasteiger partial charge is 0.321 e. The molecule has 0 aromatic heterocycles. The summed E-state index contributed by atoms with van der Waals surface area (Å²) in [4.78, 5) is 36.9. The van der Waals surface area contributed by atoms with Crippen molar-refractivity contribution >= 4 is 35.4 Å². The molecule has 0 spiro atoms. The number of piperidine rings is 1. The highest BCUT2D eigenvalue weighted by Gasteiger charge is 2.32. The Morgan fingerprint density at radius 1 is 1.33 bits per heavy atom. The Balaban J connectivity index is 2.06. The predicted molar refractivity (Wildman–Crippen MR) is 91.9 cm³/mol. The number of rotatable bonds is 5. The molecule has 0 saturated carbocycles. The predicted octanol–water partition coefficient (Wildman–Crippen LogP) is 1.84. The number of nitrogens with one attached hydrogen (secondary N) is 1. The van der Waals surface area contributed by atoms with E-state index in [1.54, 1.807) is 18.2 Å². The van der Waals surface area contributed by atoms with Crippen molar-refractivity contribution in [3.8, 4) is 0 Å². The van der Waals surface area contributed by atoms with Gasteiger partial charge < -0.3 is 21.1 Å². The minimum Gasteiger partial charge on any atom is -0.481 e. The quantitative estimate of drug-likeness (QED) is 0.701. The molecule has 8 heteroatoms. The van der Waals surface area contributed by atoms with Crippen LogP contribution in [-0.4, -0.2) is 46.8 Å². The van der Waals surface area contributed by atoms with Crippen molar-refractivity contribution in [2.75, 3.05) is 24.2 Å². The second kappa shape index (κ2) is 8.05. The maximum Gasteiger partial charge on any atom is 0.321 e. The van der Waals surface area contributed by atoms with Crippen LogP contribution in [0.25, 0.3) is 0 Å². The van der Waals surface area contributed by atoms with Crippen molar-refractivity contribution < 1.29 is 19.5 Å². The number of aliphatic carboxylic acids is 1. The molecule has 1 fully saturated rings. The standard InChI is InChI=1S/C16H21N3O4S/c1-10-6-11(15(21)22)8-19(7-10)16(23)18-12-4-2-3-5-13(12)24-9-14(17)20/h2-5,10-11H,6-9H2,1H3,(H2,17,20)(H,18,23)(H,21,22). The number of thioether (sulfide) groups is 1. The molecular formula is C16H21N3O4S. The Kier molecular flexibility index (Phi) is 6.08. The Morgan fingerprint density at radius 2 is 2.04 bits per heavy atom. The van der Waals surface area contributed by atoms with E-state index in [1.165, 1.54) is 16.7 Å². The fraction of sp³-hybridized carbons (Fsp3) is 0.438. The van der Waals surface area contributed by atoms with Crippen LogP contribution < -0.4 is 11.1 Å². The Labute approximate surface area is 144 Å². The van der Waals surface area contributed by atoms with Gasteiger partial charge in [-0.15, -0.1) is 11.8 Å². The SMILES string of the molecule is CC1CC(C(=O)O)CN(C(=O)Nc2ccccc2SCC(N)=O)C1. The molecule has 3 amide bonds. The summed E-state index contributed by atoms with van der Waals surface area (Å²) >= 11 is 1.25. The lowest BCUT2D eigenvalue weighted by molar-refractivity contribution is -0.143. The molecule has 24 heavy (non-hydrogen) atoms. The summed E-state index contributed by atoms with van der Waals surface area (Å²) in [6.07, 6.45) is 0.574. The van der Waals surface area contributed by atoms with Crippen LogP contribution in [0.3, 0.4) is 0 Å². The number of carbonyl (C=O) groups excluding carboxylic acids is 2. The fourth-order valence-corrected chi connectivity index (χ4v) is 3.48. The van der Waals surface area contributed by atoms with E-state index < -0.39 is 17.8 Å². The number of nitrogens with two attached hydrogens (primary N) is 1. The summed E-state index contributed by atoms with van der Waals surface area (Å²) in [5.41, 5.74) is 5.74. The van der Waals surface area contributed by atoms with Crippen molar-refractivity contribution in [1.82, 2.24) is 4.90 Å². The molecule has 1 saturated heterocycles. The highest BCUT2D eigenvalue weighted by atomic mass is 32.2. The lowest BCUT2D eigenvalue weighted by Gasteiger charge is -2.34. The number of primary amides is 1. The van der Waals surface area contributed by atoms with Crippen molar-refractivity contribution in [2.45, 2.75) is 18.2 Å². The molecule has 0 bridgehead atoms. The molecule has 1 aliphatic heterocycles. The molecule has 7 nitrogen and oxygen atoms in total. The van der Waals surface area contributed by atoms with Gasteiger partial charge in [0, 0.05) is 18.0 Å². The van der Waals surface area contributed by atoms with Gasteiger partial charge in [0.2, 0.25) is 5.91 Å². The van der Waals surface area contributed by atoms with E-state index in [1.807, 2.05) is 13.0 Å². The molecule has 4 N–H and O–H groups in total. The van der Waals surface area contributed by atoms with Gasteiger partial charge in [-0.2, -0.15) is 0 Å². The Bertz CT molecular complexity index is 638. The number of para-hydroxylation sites is 1. The molecule has 130 valence electrons. The highest BCUT2D eigenvalue weighted by molar-refractivity contribution is 8.00. The van der Waals surface area contributed by atoms with Crippen LogP contribution in [0.15, 0.2) is 29.2 Å². The number of amides is 3. The molecule has 1 heterocycles. The number of urea groups is 1. The zero-order valence-electron chi connectivity index (χ0n) is 13.4. The van der Waals surface area contributed by atoms with Crippen LogP contribution in [0.4, 0.5) is 10.5 Å². The summed E-state index contributed by atoms with van der Waals surface area (Å²) in [6.45, 7) is 2.65. The topological polar surface area (TPSA) is 113 Å². The monoisotopic (exact) mass is 351 g/mol. The molecule has 0 aliphatic carbocycles. The van der Waals surface area contributed by atoms with Gasteiger partial charge in [0.1, 0.15) is 0 Å². The Morgan fingerprint density at radius 3 is 2.71 bits per heavy atom. The van der Waals surface area contributed by atoms with Crippen molar-refractivity contribution in [3.63, 3.8) is 0 Å². The molecular weight excluding hydrogens is 330 g/mol. The van der Waals surface area contributed by atoms with Crippen LogP contribution in [-0.2, 0) is 9.59 Å². The second-order valence-electron chi connectivity index (χ2n) is 5.96. The van der Waals surface area contributed by atoms with E-state index in [9.17, 15) is 19.5 Å². The maximum atomic E-state index is 12.5. The van der Waals surface area contributed by atoms with Gasteiger partial charge in [-0.3, -0.25) is 9.59 Å². The number of nitrogens with zero attached hydrogens (tertiary/aromatic N) is 1. The third kappa shape index (κ3) is 4.89. The largest absolute Gasteiger partial charge is 0.481 e. The molecule has 2 rings (SSSR count). The van der Waals surface area contributed by atoms with E-state index in [0.29, 0.717) is 18.7 Å². The highest BCUT2D eigenvalue weighted by Crippen LogP contribution is 2.28. The summed E-state index contributed by atoms with van der Waals surface area (Å²) in [5.74, 6) is -1.61. The van der Waals surface area contributed by atoms with Gasteiger partial charge in [-0.25, -0.2) is 4.79 Å². The minimum atomic E-state index is -0.878. The molecule has 0 radical (unpaired) electrons. The first-order valence-corrected chi connectivity index (χ1v) is 8.64. The average Bonchev–Trinajstić information content (AvgIpc) is 2.53. The van der Waals surface area contributed by atoms with Crippen LogP contribution in [0, 0.1) is 11.8 Å². The maximum absolute atomic E-state index is 12.5. The Hall–Kier alpha value is -2.22. The lowest BCUT2D eigenvalue weighted by Crippen LogP contribution is -2.47. The third-order valence-electron chi connectivity index (χ3n) is 3.79. The molecule has 2 atom stereocenters. The van der Waals surface area contributed by atoms with Crippen LogP contribution in [0.1, 0.15) is 13.3 Å². The molecule has 1 aromatic rings. The van der Waals surface area contributed by atoms with E-state index in [2.05, 4.69) is 5.32 Å². The van der Waals surface area contributed by atoms with E-state index in [-0.39, 0.29) is 24.2 Å². The fourth-order valence-electron chi connectivity index (χ4n) is 2.74. The summed E-state index contributed by atoms with van der Waals surface area (Å²) in [7, 11) is 0. The number of anilines is 1. The molecule has 2 unspecified atom stereocenters. The number of carboxylic acid groups (broad SMARTS) is 1. The van der Waals surface area contributed by atoms with Crippen LogP contribution in [0.5, 0.6) is 0 Å². The van der Waals surface area contributed by atoms with Crippen LogP contribution in [0.2, 0.25) is 0 Å². The lowest BCUT2D eigenvalue weighted by atomic mass is 9.91. The van der Waals surface area contributed by atoms with Gasteiger partial charge in [0.25, 0.3) is 0 Å². The van der Waals surface area contributed by atoms with Crippen molar-refractivity contribution in [2.24, 2.45) is 17.6 Å². The zero-order chi connectivity index (χ0) is 17.7. The average molecular weight is 351 g/mol. The number of likely N-dealkylation sites (tertiary alicyclic amines) is 1. The second-order valence-corrected chi connectivity index (χ2v) is 6.98. The van der Waals surface area contributed by atoms with Gasteiger partial charge in [0.15, 0.2) is 0 Å². The zero-order valence-corrected chi connectivity index (χ0v) is 14.2. The number of carboxylic acids is 1. The normalized spacial score (nSPS) is 20.5. The van der Waals surface area contributed by atoms with Crippen LogP contribution >= 0.6 is 11.8 Å². The number of carbonyl (C=O) groups is 3. The van der Waals surface area contributed by atoms with Gasteiger partial charge in [0.05, 0.1) is 17.4 Å². The van der Waals surface area contributed by atoms with E-state index in [0.717, 1.165) is 4.90 Å². The van der Waals surface area contributed by atoms with Gasteiger partial charge >= 0.3 is 12.0 Å². The first-order chi connectivity index (χ1) is 11.4. The number of benzene rings is 1. The number of hydrogen-bond donors (Lipinski definition) is 3. The van der Waals surface area contributed by atoms with Crippen molar-refractivity contribution in [1.29, 1.82) is 0 Å². The van der Waals surface area contributed by atoms with Crippen molar-refractivity contribution in [3.05, 3.63) is 24.3 Å².